The predicted octanol–water partition coefficient (Wildman–Crippen LogP) is 1.59. The third-order valence-electron chi connectivity index (χ3n) is 4.68. The standard InChI is InChI=1S/C19H29N5O3/c1-10(2)14(9-25)17(11(3)4)22-18(27)15-8-16(26)24(23-15)19-20-12(5)7-13(6)21-19/h7-8,10-11,14,17,23,25H,9H2,1-6H3,(H,22,27). The van der Waals surface area contributed by atoms with Crippen LogP contribution in [0.5, 0.6) is 0 Å². The number of aryl methyl sites for hydroxylation is 2. The molecular formula is C19H29N5O3. The molecule has 2 atom stereocenters. The van der Waals surface area contributed by atoms with E-state index in [2.05, 4.69) is 20.4 Å². The van der Waals surface area contributed by atoms with Crippen LogP contribution in [0.25, 0.3) is 5.95 Å². The van der Waals surface area contributed by atoms with Gasteiger partial charge in [-0.3, -0.25) is 14.7 Å². The van der Waals surface area contributed by atoms with Gasteiger partial charge in [0.2, 0.25) is 0 Å². The van der Waals surface area contributed by atoms with Gasteiger partial charge in [-0.25, -0.2) is 9.97 Å². The SMILES string of the molecule is Cc1cc(C)nc(-n2[nH]c(C(=O)NC(C(C)C)C(CO)C(C)C)cc2=O)n1. The summed E-state index contributed by atoms with van der Waals surface area (Å²) in [7, 11) is 0. The summed E-state index contributed by atoms with van der Waals surface area (Å²) in [6.45, 7) is 11.6. The van der Waals surface area contributed by atoms with Gasteiger partial charge in [0, 0.05) is 36.0 Å². The Morgan fingerprint density at radius 1 is 1.15 bits per heavy atom. The second kappa shape index (κ2) is 8.47. The maximum atomic E-state index is 12.7. The molecule has 0 saturated heterocycles. The van der Waals surface area contributed by atoms with E-state index in [1.54, 1.807) is 6.07 Å². The second-order valence-electron chi connectivity index (χ2n) is 7.63. The number of aliphatic hydroxyl groups excluding tert-OH is 1. The molecule has 0 bridgehead atoms. The molecule has 2 unspecified atom stereocenters. The number of carbonyl (C=O) groups is 1. The van der Waals surface area contributed by atoms with Gasteiger partial charge in [0.1, 0.15) is 5.69 Å². The van der Waals surface area contributed by atoms with E-state index in [9.17, 15) is 14.7 Å². The van der Waals surface area contributed by atoms with Crippen LogP contribution in [-0.2, 0) is 0 Å². The number of aliphatic hydroxyl groups is 1. The zero-order chi connectivity index (χ0) is 20.3. The van der Waals surface area contributed by atoms with E-state index < -0.39 is 11.5 Å². The fraction of sp³-hybridized carbons (Fsp3) is 0.579. The van der Waals surface area contributed by atoms with E-state index in [1.165, 1.54) is 6.07 Å². The molecule has 2 heterocycles. The summed E-state index contributed by atoms with van der Waals surface area (Å²) in [6, 6.07) is 2.82. The van der Waals surface area contributed by atoms with Gasteiger partial charge < -0.3 is 10.4 Å². The summed E-state index contributed by atoms with van der Waals surface area (Å²) in [5, 5.41) is 15.5. The molecule has 27 heavy (non-hydrogen) atoms. The third kappa shape index (κ3) is 4.82. The summed E-state index contributed by atoms with van der Waals surface area (Å²) in [4.78, 5) is 33.5. The van der Waals surface area contributed by atoms with Gasteiger partial charge in [-0.2, -0.15) is 4.68 Å². The van der Waals surface area contributed by atoms with Gasteiger partial charge >= 0.3 is 0 Å². The monoisotopic (exact) mass is 375 g/mol. The normalized spacial score (nSPS) is 13.8. The van der Waals surface area contributed by atoms with E-state index in [0.717, 1.165) is 16.1 Å². The van der Waals surface area contributed by atoms with Crippen LogP contribution in [-0.4, -0.2) is 43.4 Å². The van der Waals surface area contributed by atoms with E-state index in [-0.39, 0.29) is 42.0 Å². The Bertz CT molecular complexity index is 833. The fourth-order valence-electron chi connectivity index (χ4n) is 3.20. The van der Waals surface area contributed by atoms with Gasteiger partial charge in [-0.05, 0) is 31.7 Å². The highest BCUT2D eigenvalue weighted by atomic mass is 16.3. The number of hydrogen-bond donors (Lipinski definition) is 3. The lowest BCUT2D eigenvalue weighted by Crippen LogP contribution is -2.47. The lowest BCUT2D eigenvalue weighted by molar-refractivity contribution is 0.0828. The number of H-pyrrole nitrogens is 1. The van der Waals surface area contributed by atoms with E-state index >= 15 is 0 Å². The van der Waals surface area contributed by atoms with E-state index in [1.807, 2.05) is 41.5 Å². The van der Waals surface area contributed by atoms with Crippen molar-refractivity contribution in [3.05, 3.63) is 39.6 Å². The van der Waals surface area contributed by atoms with Crippen LogP contribution in [0.1, 0.15) is 49.6 Å². The number of carbonyl (C=O) groups excluding carboxylic acids is 1. The fourth-order valence-corrected chi connectivity index (χ4v) is 3.20. The number of hydrogen-bond acceptors (Lipinski definition) is 5. The van der Waals surface area contributed by atoms with Crippen LogP contribution in [0, 0.1) is 31.6 Å². The van der Waals surface area contributed by atoms with Gasteiger partial charge in [0.05, 0.1) is 0 Å². The largest absolute Gasteiger partial charge is 0.396 e. The Balaban J connectivity index is 2.30. The average molecular weight is 375 g/mol. The van der Waals surface area contributed by atoms with Crippen molar-refractivity contribution < 1.29 is 9.90 Å². The first-order valence-electron chi connectivity index (χ1n) is 9.20. The van der Waals surface area contributed by atoms with Crippen molar-refractivity contribution in [1.29, 1.82) is 0 Å². The molecule has 0 radical (unpaired) electrons. The molecule has 0 aliphatic carbocycles. The van der Waals surface area contributed by atoms with Crippen molar-refractivity contribution in [3.8, 4) is 5.95 Å². The highest BCUT2D eigenvalue weighted by Gasteiger charge is 2.29. The molecule has 0 aliphatic heterocycles. The second-order valence-corrected chi connectivity index (χ2v) is 7.63. The predicted molar refractivity (Wildman–Crippen MR) is 103 cm³/mol. The molecule has 0 aliphatic rings. The molecule has 0 spiro atoms. The van der Waals surface area contributed by atoms with Gasteiger partial charge in [0.25, 0.3) is 17.4 Å². The first-order chi connectivity index (χ1) is 12.6. The first-order valence-corrected chi connectivity index (χ1v) is 9.20. The van der Waals surface area contributed by atoms with Crippen molar-refractivity contribution in [2.75, 3.05) is 6.61 Å². The Hall–Kier alpha value is -2.48. The molecule has 8 nitrogen and oxygen atoms in total. The lowest BCUT2D eigenvalue weighted by Gasteiger charge is -2.32. The Morgan fingerprint density at radius 2 is 1.74 bits per heavy atom. The molecule has 2 aromatic rings. The number of rotatable bonds is 7. The highest BCUT2D eigenvalue weighted by Crippen LogP contribution is 2.21. The van der Waals surface area contributed by atoms with E-state index in [4.69, 9.17) is 0 Å². The quantitative estimate of drug-likeness (QED) is 0.680. The minimum Gasteiger partial charge on any atom is -0.396 e. The summed E-state index contributed by atoms with van der Waals surface area (Å²) in [5.41, 5.74) is 1.18. The number of amides is 1. The summed E-state index contributed by atoms with van der Waals surface area (Å²) in [6.07, 6.45) is 0. The van der Waals surface area contributed by atoms with Crippen LogP contribution in [0.4, 0.5) is 0 Å². The van der Waals surface area contributed by atoms with Crippen molar-refractivity contribution in [3.63, 3.8) is 0 Å². The minimum atomic E-state index is -0.409. The molecule has 2 rings (SSSR count). The molecular weight excluding hydrogens is 346 g/mol. The van der Waals surface area contributed by atoms with Gasteiger partial charge in [0.15, 0.2) is 0 Å². The van der Waals surface area contributed by atoms with E-state index in [0.29, 0.717) is 0 Å². The molecule has 8 heteroatoms. The average Bonchev–Trinajstić information content (AvgIpc) is 2.95. The van der Waals surface area contributed by atoms with Crippen molar-refractivity contribution in [1.82, 2.24) is 25.1 Å². The van der Waals surface area contributed by atoms with Crippen LogP contribution in [0.2, 0.25) is 0 Å². The maximum absolute atomic E-state index is 12.7. The number of aromatic amines is 1. The minimum absolute atomic E-state index is 0.0191. The number of nitrogens with zero attached hydrogens (tertiary/aromatic N) is 3. The lowest BCUT2D eigenvalue weighted by atomic mass is 9.83. The summed E-state index contributed by atoms with van der Waals surface area (Å²) >= 11 is 0. The molecule has 2 aromatic heterocycles. The molecule has 0 fully saturated rings. The molecule has 3 N–H and O–H groups in total. The Kier molecular flexibility index (Phi) is 6.54. The zero-order valence-corrected chi connectivity index (χ0v) is 16.8. The number of nitrogens with one attached hydrogen (secondary N) is 2. The van der Waals surface area contributed by atoms with Crippen LogP contribution >= 0.6 is 0 Å². The Labute approximate surface area is 159 Å². The summed E-state index contributed by atoms with van der Waals surface area (Å²) < 4.78 is 1.16. The maximum Gasteiger partial charge on any atom is 0.274 e. The molecule has 0 saturated carbocycles. The van der Waals surface area contributed by atoms with Crippen LogP contribution in [0.3, 0.4) is 0 Å². The van der Waals surface area contributed by atoms with Crippen LogP contribution < -0.4 is 10.9 Å². The van der Waals surface area contributed by atoms with Crippen molar-refractivity contribution in [2.24, 2.45) is 17.8 Å². The molecule has 1 amide bonds. The zero-order valence-electron chi connectivity index (χ0n) is 16.8. The number of aromatic nitrogens is 4. The van der Waals surface area contributed by atoms with Crippen molar-refractivity contribution >= 4 is 5.91 Å². The van der Waals surface area contributed by atoms with Crippen molar-refractivity contribution in [2.45, 2.75) is 47.6 Å². The van der Waals surface area contributed by atoms with Crippen LogP contribution in [0.15, 0.2) is 16.9 Å². The highest BCUT2D eigenvalue weighted by molar-refractivity contribution is 5.92. The van der Waals surface area contributed by atoms with Gasteiger partial charge in [-0.1, -0.05) is 27.7 Å². The Morgan fingerprint density at radius 3 is 2.22 bits per heavy atom. The topological polar surface area (TPSA) is 113 Å². The summed E-state index contributed by atoms with van der Waals surface area (Å²) in [5.74, 6) is 0.0611. The van der Waals surface area contributed by atoms with Gasteiger partial charge in [-0.15, -0.1) is 0 Å². The molecule has 0 aromatic carbocycles. The third-order valence-corrected chi connectivity index (χ3v) is 4.68. The molecule has 148 valence electrons. The smallest absolute Gasteiger partial charge is 0.274 e. The first kappa shape index (κ1) is 20.8.